The number of hydrogen-bond donors (Lipinski definition) is 1. The van der Waals surface area contributed by atoms with E-state index in [0.29, 0.717) is 29.2 Å². The van der Waals surface area contributed by atoms with Crippen LogP contribution >= 0.6 is 0 Å². The van der Waals surface area contributed by atoms with Crippen LogP contribution in [0.15, 0.2) is 72.6 Å². The lowest BCUT2D eigenvalue weighted by atomic mass is 9.94. The number of aliphatic hydroxyl groups is 1. The number of ether oxygens (including phenoxy) is 2. The van der Waals surface area contributed by atoms with Gasteiger partial charge in [-0.3, -0.25) is 14.6 Å². The van der Waals surface area contributed by atoms with Crippen molar-refractivity contribution in [3.63, 3.8) is 0 Å². The smallest absolute Gasteiger partial charge is 0.295 e. The molecular formula is C28H28N2O5. The summed E-state index contributed by atoms with van der Waals surface area (Å²) in [4.78, 5) is 32.0. The lowest BCUT2D eigenvalue weighted by Crippen LogP contribution is -2.29. The summed E-state index contributed by atoms with van der Waals surface area (Å²) in [5.41, 5.74) is 2.91. The number of pyridine rings is 1. The molecule has 4 rings (SSSR count). The van der Waals surface area contributed by atoms with Crippen molar-refractivity contribution in [2.75, 3.05) is 13.7 Å². The molecule has 3 aromatic rings. The zero-order chi connectivity index (χ0) is 24.9. The average Bonchev–Trinajstić information content (AvgIpc) is 3.13. The Hall–Kier alpha value is -4.13. The van der Waals surface area contributed by atoms with Crippen LogP contribution in [0.25, 0.3) is 5.76 Å². The summed E-state index contributed by atoms with van der Waals surface area (Å²) < 4.78 is 11.3. The minimum absolute atomic E-state index is 0.0343. The molecule has 0 aliphatic carbocycles. The van der Waals surface area contributed by atoms with E-state index in [1.807, 2.05) is 32.0 Å². The van der Waals surface area contributed by atoms with E-state index in [0.717, 1.165) is 17.5 Å². The second kappa shape index (κ2) is 10.4. The van der Waals surface area contributed by atoms with Crippen LogP contribution in [0.3, 0.4) is 0 Å². The largest absolute Gasteiger partial charge is 0.507 e. The molecule has 1 fully saturated rings. The van der Waals surface area contributed by atoms with Gasteiger partial charge in [0.15, 0.2) is 11.5 Å². The molecule has 0 bridgehead atoms. The summed E-state index contributed by atoms with van der Waals surface area (Å²) in [6, 6.07) is 15.3. The van der Waals surface area contributed by atoms with Gasteiger partial charge in [-0.05, 0) is 42.7 Å². The first-order chi connectivity index (χ1) is 16.9. The van der Waals surface area contributed by atoms with Crippen molar-refractivity contribution in [3.05, 3.63) is 94.8 Å². The molecule has 1 aliphatic rings. The van der Waals surface area contributed by atoms with Gasteiger partial charge in [-0.15, -0.1) is 0 Å². The summed E-state index contributed by atoms with van der Waals surface area (Å²) in [6.45, 7) is 4.63. The first-order valence-electron chi connectivity index (χ1n) is 11.5. The Kier molecular flexibility index (Phi) is 7.15. The van der Waals surface area contributed by atoms with Crippen molar-refractivity contribution in [2.45, 2.75) is 32.9 Å². The first-order valence-corrected chi connectivity index (χ1v) is 11.5. The van der Waals surface area contributed by atoms with Crippen LogP contribution < -0.4 is 9.47 Å². The molecule has 0 spiro atoms. The molecule has 1 saturated heterocycles. The Labute approximate surface area is 204 Å². The van der Waals surface area contributed by atoms with E-state index in [1.165, 1.54) is 12.0 Å². The quantitative estimate of drug-likeness (QED) is 0.288. The topological polar surface area (TPSA) is 89.0 Å². The van der Waals surface area contributed by atoms with Crippen LogP contribution in [0.1, 0.15) is 41.6 Å². The van der Waals surface area contributed by atoms with Crippen molar-refractivity contribution < 1.29 is 24.2 Å². The molecule has 1 N–H and O–H groups in total. The van der Waals surface area contributed by atoms with Crippen molar-refractivity contribution in [3.8, 4) is 11.5 Å². The van der Waals surface area contributed by atoms with Gasteiger partial charge in [0.05, 0.1) is 25.3 Å². The number of aromatic nitrogens is 1. The van der Waals surface area contributed by atoms with Crippen molar-refractivity contribution in [1.82, 2.24) is 9.88 Å². The SMILES string of the molecule is CCCOc1ccc([C@@H]2C(=C(O)c3ccc(C)cc3)C(=O)C(=O)N2Cc2cccnc2)cc1OC. The molecule has 0 saturated carbocycles. The Morgan fingerprint density at radius 2 is 1.86 bits per heavy atom. The van der Waals surface area contributed by atoms with E-state index in [9.17, 15) is 14.7 Å². The van der Waals surface area contributed by atoms with Crippen molar-refractivity contribution in [2.24, 2.45) is 0 Å². The summed E-state index contributed by atoms with van der Waals surface area (Å²) in [5, 5.41) is 11.2. The molecule has 1 atom stereocenters. The van der Waals surface area contributed by atoms with Crippen LogP contribution in [0.4, 0.5) is 0 Å². The van der Waals surface area contributed by atoms with Gasteiger partial charge in [0.25, 0.3) is 11.7 Å². The molecular weight excluding hydrogens is 444 g/mol. The number of carbonyl (C=O) groups is 2. The van der Waals surface area contributed by atoms with Gasteiger partial charge in [-0.25, -0.2) is 0 Å². The molecule has 0 unspecified atom stereocenters. The molecule has 1 aromatic heterocycles. The second-order valence-electron chi connectivity index (χ2n) is 8.41. The number of carbonyl (C=O) groups excluding carboxylic acids is 2. The van der Waals surface area contributed by atoms with E-state index in [1.54, 1.807) is 48.8 Å². The predicted molar refractivity (Wildman–Crippen MR) is 132 cm³/mol. The lowest BCUT2D eigenvalue weighted by molar-refractivity contribution is -0.140. The Bertz CT molecular complexity index is 1250. The van der Waals surface area contributed by atoms with E-state index < -0.39 is 17.7 Å². The number of likely N-dealkylation sites (tertiary alicyclic amines) is 1. The van der Waals surface area contributed by atoms with E-state index in [4.69, 9.17) is 9.47 Å². The number of ketones is 1. The molecule has 2 aromatic carbocycles. The zero-order valence-electron chi connectivity index (χ0n) is 20.0. The molecule has 1 aliphatic heterocycles. The fourth-order valence-electron chi connectivity index (χ4n) is 4.13. The molecule has 35 heavy (non-hydrogen) atoms. The average molecular weight is 473 g/mol. The molecule has 180 valence electrons. The molecule has 7 heteroatoms. The Morgan fingerprint density at radius 1 is 1.09 bits per heavy atom. The van der Waals surface area contributed by atoms with E-state index in [2.05, 4.69) is 4.98 Å². The van der Waals surface area contributed by atoms with Gasteiger partial charge in [-0.2, -0.15) is 0 Å². The lowest BCUT2D eigenvalue weighted by Gasteiger charge is -2.26. The number of Topliss-reactive ketones (excluding diaryl/α,β-unsaturated/α-hetero) is 1. The van der Waals surface area contributed by atoms with Gasteiger partial charge >= 0.3 is 0 Å². The number of hydrogen-bond acceptors (Lipinski definition) is 6. The van der Waals surface area contributed by atoms with Gasteiger partial charge in [0.1, 0.15) is 5.76 Å². The predicted octanol–water partition coefficient (Wildman–Crippen LogP) is 4.81. The van der Waals surface area contributed by atoms with Gasteiger partial charge in [-0.1, -0.05) is 48.9 Å². The number of methoxy groups -OCH3 is 1. The Balaban J connectivity index is 1.85. The maximum Gasteiger partial charge on any atom is 0.295 e. The number of benzene rings is 2. The van der Waals surface area contributed by atoms with Gasteiger partial charge in [0, 0.05) is 24.5 Å². The summed E-state index contributed by atoms with van der Waals surface area (Å²) in [5.74, 6) is -0.577. The normalized spacial score (nSPS) is 17.0. The maximum atomic E-state index is 13.3. The minimum atomic E-state index is -0.814. The van der Waals surface area contributed by atoms with Gasteiger partial charge < -0.3 is 19.5 Å². The van der Waals surface area contributed by atoms with Crippen LogP contribution in [0.5, 0.6) is 11.5 Å². The highest BCUT2D eigenvalue weighted by atomic mass is 16.5. The highest BCUT2D eigenvalue weighted by Crippen LogP contribution is 2.42. The second-order valence-corrected chi connectivity index (χ2v) is 8.41. The third-order valence-corrected chi connectivity index (χ3v) is 5.91. The molecule has 2 heterocycles. The molecule has 0 radical (unpaired) electrons. The summed E-state index contributed by atoms with van der Waals surface area (Å²) in [6.07, 6.45) is 4.14. The van der Waals surface area contributed by atoms with Crippen molar-refractivity contribution in [1.29, 1.82) is 0 Å². The van der Waals surface area contributed by atoms with E-state index in [-0.39, 0.29) is 17.9 Å². The Morgan fingerprint density at radius 3 is 2.51 bits per heavy atom. The van der Waals surface area contributed by atoms with Crippen LogP contribution in [-0.4, -0.2) is 40.4 Å². The third-order valence-electron chi connectivity index (χ3n) is 5.91. The summed E-state index contributed by atoms with van der Waals surface area (Å²) in [7, 11) is 1.54. The van der Waals surface area contributed by atoms with Crippen LogP contribution in [-0.2, 0) is 16.1 Å². The minimum Gasteiger partial charge on any atom is -0.507 e. The van der Waals surface area contributed by atoms with Crippen LogP contribution in [0.2, 0.25) is 0 Å². The molecule has 7 nitrogen and oxygen atoms in total. The fourth-order valence-corrected chi connectivity index (χ4v) is 4.13. The monoisotopic (exact) mass is 472 g/mol. The van der Waals surface area contributed by atoms with Gasteiger partial charge in [0.2, 0.25) is 0 Å². The zero-order valence-corrected chi connectivity index (χ0v) is 20.0. The van der Waals surface area contributed by atoms with Crippen LogP contribution in [0, 0.1) is 6.92 Å². The highest BCUT2D eigenvalue weighted by Gasteiger charge is 2.46. The highest BCUT2D eigenvalue weighted by molar-refractivity contribution is 6.46. The third kappa shape index (κ3) is 4.89. The maximum absolute atomic E-state index is 13.3. The standard InChI is InChI=1S/C28H28N2O5/c1-4-14-35-22-12-11-21(15-23(22)34-3)25-24(26(31)20-9-7-18(2)8-10-20)27(32)28(33)30(25)17-19-6-5-13-29-16-19/h5-13,15-16,25,31H,4,14,17H2,1-3H3/t25-/m1/s1. The first kappa shape index (κ1) is 24.0. The fraction of sp³-hybridized carbons (Fsp3) is 0.250. The number of aryl methyl sites for hydroxylation is 1. The van der Waals surface area contributed by atoms with Crippen molar-refractivity contribution >= 4 is 17.4 Å². The number of aliphatic hydroxyl groups excluding tert-OH is 1. The number of nitrogens with zero attached hydrogens (tertiary/aromatic N) is 2. The van der Waals surface area contributed by atoms with E-state index >= 15 is 0 Å². The number of rotatable bonds is 8. The number of amides is 1. The summed E-state index contributed by atoms with van der Waals surface area (Å²) >= 11 is 0. The molecule has 1 amide bonds.